The molecule has 2 N–H and O–H groups in total. The Kier molecular flexibility index (Phi) is 66.8. The third-order valence-corrected chi connectivity index (χ3v) is 1.34. The molecule has 0 aliphatic rings. The first-order chi connectivity index (χ1) is 4.41. The summed E-state index contributed by atoms with van der Waals surface area (Å²) in [4.78, 5) is 0. The molecule has 0 saturated carbocycles. The fourth-order valence-corrected chi connectivity index (χ4v) is 0.772. The number of unbranched alkanes of at least 4 members (excludes halogenated alkanes) is 2. The minimum atomic E-state index is 0. The van der Waals surface area contributed by atoms with Crippen molar-refractivity contribution < 1.29 is 10.1 Å². The van der Waals surface area contributed by atoms with Crippen molar-refractivity contribution in [3.05, 3.63) is 0 Å². The van der Waals surface area contributed by atoms with E-state index >= 15 is 0 Å². The van der Waals surface area contributed by atoms with E-state index in [1.165, 1.54) is 25.8 Å². The van der Waals surface area contributed by atoms with Crippen LogP contribution in [0.5, 0.6) is 0 Å². The number of nitrogens with two attached hydrogens (primary N) is 1. The summed E-state index contributed by atoms with van der Waals surface area (Å²) in [5.74, 6) is 0. The smallest absolute Gasteiger partial charge is 0.0753 e. The average molecular weight is 196 g/mol. The Balaban J connectivity index is -0.0000000533. The van der Waals surface area contributed by atoms with Crippen molar-refractivity contribution in [2.75, 3.05) is 27.3 Å². The van der Waals surface area contributed by atoms with Crippen LogP contribution in [0.25, 0.3) is 0 Å². The van der Waals surface area contributed by atoms with Gasteiger partial charge in [0, 0.05) is 13.7 Å². The van der Waals surface area contributed by atoms with Crippen molar-refractivity contribution in [2.24, 2.45) is 0 Å². The summed E-state index contributed by atoms with van der Waals surface area (Å²) in [5.41, 5.74) is 0. The lowest BCUT2D eigenvalue weighted by molar-refractivity contribution is -0.627. The van der Waals surface area contributed by atoms with Gasteiger partial charge in [0.15, 0.2) is 0 Å². The van der Waals surface area contributed by atoms with Crippen molar-refractivity contribution in [1.82, 2.24) is 0 Å². The van der Waals surface area contributed by atoms with Gasteiger partial charge in [-0.05, 0) is 19.3 Å². The Morgan fingerprint density at radius 2 is 1.46 bits per heavy atom. The minimum Gasteiger partial charge on any atom is -0.385 e. The number of methoxy groups -OCH3 is 1. The lowest BCUT2D eigenvalue weighted by Gasteiger charge is -1.96. The molecule has 2 heteroatoms. The molecule has 0 aliphatic carbocycles. The molecule has 0 bridgehead atoms. The van der Waals surface area contributed by atoms with E-state index in [0.717, 1.165) is 6.61 Å². The Morgan fingerprint density at radius 3 is 1.85 bits per heavy atom. The number of quaternary nitrogens is 1. The van der Waals surface area contributed by atoms with E-state index in [-0.39, 0.29) is 29.7 Å². The summed E-state index contributed by atoms with van der Waals surface area (Å²) in [5, 5.41) is 2.22. The maximum absolute atomic E-state index is 4.91. The fraction of sp³-hybridized carbons (Fsp3) is 1.00. The largest absolute Gasteiger partial charge is 0.385 e. The van der Waals surface area contributed by atoms with Crippen molar-refractivity contribution in [3.63, 3.8) is 0 Å². The highest BCUT2D eigenvalue weighted by Crippen LogP contribution is 1.91. The maximum atomic E-state index is 4.91. The molecule has 0 amide bonds. The fourth-order valence-electron chi connectivity index (χ4n) is 0.772. The second-order valence-electron chi connectivity index (χ2n) is 2.25. The Morgan fingerprint density at radius 1 is 0.923 bits per heavy atom. The van der Waals surface area contributed by atoms with E-state index in [0.29, 0.717) is 0 Å². The van der Waals surface area contributed by atoms with E-state index in [1.54, 1.807) is 7.11 Å². The van der Waals surface area contributed by atoms with E-state index in [9.17, 15) is 0 Å². The van der Waals surface area contributed by atoms with E-state index < -0.39 is 0 Å². The molecule has 0 fully saturated rings. The van der Waals surface area contributed by atoms with Gasteiger partial charge in [-0.3, -0.25) is 0 Å². The molecule has 13 heavy (non-hydrogen) atoms. The third-order valence-electron chi connectivity index (χ3n) is 1.34. The van der Waals surface area contributed by atoms with Gasteiger partial charge in [0.2, 0.25) is 0 Å². The molecule has 0 aromatic rings. The molecule has 0 aliphatic heterocycles. The van der Waals surface area contributed by atoms with Gasteiger partial charge in [-0.2, -0.15) is 0 Å². The summed E-state index contributed by atoms with van der Waals surface area (Å²) in [7, 11) is 3.86. The molecule has 0 saturated heterocycles. The van der Waals surface area contributed by atoms with Crippen molar-refractivity contribution in [3.8, 4) is 0 Å². The first kappa shape index (κ1) is 29.3. The molecule has 0 aromatic heterocycles. The summed E-state index contributed by atoms with van der Waals surface area (Å²) >= 11 is 0. The van der Waals surface area contributed by atoms with Gasteiger partial charge >= 0.3 is 0 Å². The predicted molar refractivity (Wildman–Crippen MR) is 65.4 cm³/mol. The molecule has 0 radical (unpaired) electrons. The minimum absolute atomic E-state index is 0. The molecule has 0 rings (SSSR count). The van der Waals surface area contributed by atoms with Gasteiger partial charge in [-0.15, -0.1) is 0 Å². The highest BCUT2D eigenvalue weighted by molar-refractivity contribution is 4.36. The summed E-state index contributed by atoms with van der Waals surface area (Å²) in [6.45, 7) is 2.17. The van der Waals surface area contributed by atoms with Gasteiger partial charge in [0.1, 0.15) is 0 Å². The molecule has 0 spiro atoms. The van der Waals surface area contributed by atoms with Crippen LogP contribution < -0.4 is 5.32 Å². The lowest BCUT2D eigenvalue weighted by Crippen LogP contribution is -2.79. The van der Waals surface area contributed by atoms with Gasteiger partial charge in [-0.25, -0.2) is 0 Å². The summed E-state index contributed by atoms with van der Waals surface area (Å²) in [6.07, 6.45) is 3.84. The maximum Gasteiger partial charge on any atom is 0.0753 e. The second kappa shape index (κ2) is 29.7. The average Bonchev–Trinajstić information content (AvgIpc) is 1.89. The second-order valence-corrected chi connectivity index (χ2v) is 2.25. The molecule has 0 aromatic carbocycles. The van der Waals surface area contributed by atoms with E-state index in [2.05, 4.69) is 12.4 Å². The van der Waals surface area contributed by atoms with Crippen LogP contribution >= 0.6 is 0 Å². The molecular formula is C11H34NO+. The quantitative estimate of drug-likeness (QED) is 0.649. The number of rotatable bonds is 6. The van der Waals surface area contributed by atoms with Crippen LogP contribution in [0.15, 0.2) is 0 Å². The third kappa shape index (κ3) is 33.5. The van der Waals surface area contributed by atoms with Gasteiger partial charge < -0.3 is 10.1 Å². The van der Waals surface area contributed by atoms with Crippen molar-refractivity contribution in [2.45, 2.75) is 49.0 Å². The lowest BCUT2D eigenvalue weighted by atomic mass is 10.2. The zero-order chi connectivity index (χ0) is 6.95. The van der Waals surface area contributed by atoms with Crippen LogP contribution in [0.3, 0.4) is 0 Å². The van der Waals surface area contributed by atoms with Gasteiger partial charge in [0.05, 0.1) is 13.6 Å². The van der Waals surface area contributed by atoms with Crippen LogP contribution in [0.1, 0.15) is 49.0 Å². The van der Waals surface area contributed by atoms with Gasteiger partial charge in [-0.1, -0.05) is 29.7 Å². The summed E-state index contributed by atoms with van der Waals surface area (Å²) < 4.78 is 4.91. The SMILES string of the molecule is C.C.C.C.C[NH2+]CCCCCOC. The Hall–Kier alpha value is -0.0800. The zero-order valence-electron chi connectivity index (χ0n) is 6.52. The molecule has 88 valence electrons. The van der Waals surface area contributed by atoms with Crippen LogP contribution in [-0.2, 0) is 4.74 Å². The summed E-state index contributed by atoms with van der Waals surface area (Å²) in [6, 6.07) is 0. The van der Waals surface area contributed by atoms with Crippen LogP contribution in [0, 0.1) is 0 Å². The van der Waals surface area contributed by atoms with Gasteiger partial charge in [0.25, 0.3) is 0 Å². The van der Waals surface area contributed by atoms with E-state index in [4.69, 9.17) is 4.74 Å². The molecular weight excluding hydrogens is 162 g/mol. The molecule has 0 atom stereocenters. The van der Waals surface area contributed by atoms with E-state index in [1.807, 2.05) is 0 Å². The Labute approximate surface area is 87.1 Å². The first-order valence-corrected chi connectivity index (χ1v) is 3.68. The molecule has 2 nitrogen and oxygen atoms in total. The van der Waals surface area contributed by atoms with Crippen molar-refractivity contribution >= 4 is 0 Å². The predicted octanol–water partition coefficient (Wildman–Crippen LogP) is 2.54. The van der Waals surface area contributed by atoms with Crippen LogP contribution in [0.2, 0.25) is 0 Å². The topological polar surface area (TPSA) is 25.8 Å². The molecule has 0 heterocycles. The Bertz CT molecular complexity index is 43.4. The normalized spacial score (nSPS) is 6.92. The zero-order valence-corrected chi connectivity index (χ0v) is 6.52. The van der Waals surface area contributed by atoms with Crippen molar-refractivity contribution in [1.29, 1.82) is 0 Å². The first-order valence-electron chi connectivity index (χ1n) is 3.68. The van der Waals surface area contributed by atoms with Crippen LogP contribution in [-0.4, -0.2) is 27.3 Å². The highest BCUT2D eigenvalue weighted by Gasteiger charge is 1.87. The number of ether oxygens (including phenoxy) is 1. The monoisotopic (exact) mass is 196 g/mol. The standard InChI is InChI=1S/C7H17NO.4CH4/c1-8-6-4-3-5-7-9-2;;;;/h8H,3-7H2,1-2H3;4*1H4/p+1. The highest BCUT2D eigenvalue weighted by atomic mass is 16.5. The number of hydrogen-bond acceptors (Lipinski definition) is 1. The van der Waals surface area contributed by atoms with Crippen LogP contribution in [0.4, 0.5) is 0 Å². The molecule has 0 unspecified atom stereocenters. The number of hydrogen-bond donors (Lipinski definition) is 1.